The van der Waals surface area contributed by atoms with Gasteiger partial charge < -0.3 is 83.5 Å². The zero-order valence-corrected chi connectivity index (χ0v) is 52.0. The molecule has 0 saturated carbocycles. The number of aliphatic carboxylic acids is 2. The van der Waals surface area contributed by atoms with Gasteiger partial charge in [-0.15, -0.1) is 0 Å². The lowest BCUT2D eigenvalue weighted by Gasteiger charge is -2.50. The molecule has 5 aliphatic rings. The van der Waals surface area contributed by atoms with Gasteiger partial charge in [0.05, 0.1) is 19.8 Å². The number of hydrogen-bond donors (Lipinski definition) is 20. The Balaban J connectivity index is 1.63. The first-order valence-electron chi connectivity index (χ1n) is 23.8. The molecule has 0 radical (unpaired) electrons. The average Bonchev–Trinajstić information content (AvgIpc) is 0.764. The number of aliphatic hydroxyl groups excluding tert-OH is 6. The molecule has 0 spiro atoms. The van der Waals surface area contributed by atoms with E-state index < -0.39 is 278 Å². The number of ether oxygens (including phenoxy) is 9. The van der Waals surface area contributed by atoms with Crippen LogP contribution in [0, 0.1) is 0 Å². The zero-order chi connectivity index (χ0) is 71.9. The summed E-state index contributed by atoms with van der Waals surface area (Å²) >= 11 is 0. The van der Waals surface area contributed by atoms with Crippen molar-refractivity contribution in [3.63, 3.8) is 0 Å². The summed E-state index contributed by atoms with van der Waals surface area (Å²) < 4.78 is 379. The van der Waals surface area contributed by atoms with Crippen LogP contribution < -0.4 is 14.2 Å². The normalized spacial score (nSPS) is 38.0. The predicted octanol–water partition coefficient (Wildman–Crippen LogP) is -14.6. The number of carboxylic acids is 2. The summed E-state index contributed by atoms with van der Waals surface area (Å²) in [6.45, 7) is -5.43. The number of hydrogen-bond acceptors (Lipinski definition) is 41. The summed E-state index contributed by atoms with van der Waals surface area (Å²) in [5.41, 5.74) is 0. The van der Waals surface area contributed by atoms with E-state index in [-0.39, 0.29) is 0 Å². The fourth-order valence-electron chi connectivity index (χ4n) is 9.03. The molecule has 0 aromatic rings. The maximum absolute atomic E-state index is 13.0. The van der Waals surface area contributed by atoms with Crippen LogP contribution >= 0.6 is 0 Å². The van der Waals surface area contributed by atoms with E-state index in [1.54, 1.807) is 0 Å². The van der Waals surface area contributed by atoms with Gasteiger partial charge in [-0.2, -0.15) is 89.9 Å². The van der Waals surface area contributed by atoms with Gasteiger partial charge in [0.15, 0.2) is 49.8 Å². The largest absolute Gasteiger partial charge is 0.479 e. The average molecular weight is 1570 g/mol. The summed E-state index contributed by atoms with van der Waals surface area (Å²) in [6, 6.07) is -8.85. The summed E-state index contributed by atoms with van der Waals surface area (Å²) in [5.74, 6) is -5.07. The molecule has 552 valence electrons. The van der Waals surface area contributed by atoms with E-state index in [1.807, 2.05) is 0 Å². The monoisotopic (exact) mass is 1570 g/mol. The molecule has 5 rings (SSSR count). The van der Waals surface area contributed by atoms with E-state index in [0.717, 1.165) is 9.44 Å². The maximum atomic E-state index is 13.0. The number of carbonyl (C=O) groups is 2. The predicted molar refractivity (Wildman–Crippen MR) is 268 cm³/mol. The van der Waals surface area contributed by atoms with Crippen molar-refractivity contribution in [1.82, 2.24) is 14.2 Å². The first-order chi connectivity index (χ1) is 42.3. The lowest BCUT2D eigenvalue weighted by molar-refractivity contribution is -0.372. The highest BCUT2D eigenvalue weighted by Gasteiger charge is 2.62. The Labute approximate surface area is 525 Å². The number of carboxylic acid groups (broad SMARTS) is 2. The Bertz CT molecular complexity index is 3750. The molecular formula is C30H51N3O52S9. The highest BCUT2D eigenvalue weighted by molar-refractivity contribution is 7.84. The fraction of sp³-hybridized carbons (Fsp3) is 0.933. The standard InChI is InChI=1S/C30H51N3O52S9/c34-10-4(1-71-89(53,54)55)75-27(7(11(10)35)31-86(44,45)46)79-19-12(36)13(37)29(81-22(19)24(39)40)77-16-6(3-73-91(59,60)61)76-28(9(33-88(50,51)52)18(16)84-93(65,66)67)80-20-14(38)21(85-94(68,69)70)30(82-23(20)25(41)42)78-15-5(2-72-90(56,57)58)74-26(43)8(32-87(47,48)49)17(15)83-92(62,63)64/h4-23,26-38,43H,1-3H2,(H,39,40)(H,41,42)(H,44,45,46)(H,47,48,49)(H,50,51,52)(H,53,54,55)(H,56,57,58)(H,59,60,61)(H,62,63,64)(H,65,66,67)(H,68,69,70). The van der Waals surface area contributed by atoms with Gasteiger partial charge in [0.2, 0.25) is 0 Å². The number of nitrogens with one attached hydrogen (secondary N) is 3. The Morgan fingerprint density at radius 1 is 0.319 bits per heavy atom. The van der Waals surface area contributed by atoms with Gasteiger partial charge in [0.1, 0.15) is 104 Å². The smallest absolute Gasteiger partial charge is 0.397 e. The molecule has 25 unspecified atom stereocenters. The van der Waals surface area contributed by atoms with E-state index in [0.29, 0.717) is 0 Å². The van der Waals surface area contributed by atoms with E-state index in [9.17, 15) is 163 Å². The highest BCUT2D eigenvalue weighted by atomic mass is 32.3. The van der Waals surface area contributed by atoms with E-state index >= 15 is 0 Å². The van der Waals surface area contributed by atoms with Crippen molar-refractivity contribution in [3.8, 4) is 0 Å². The molecule has 0 aromatic carbocycles. The minimum absolute atomic E-state index is 1.05. The van der Waals surface area contributed by atoms with Gasteiger partial charge in [0.25, 0.3) is 0 Å². The lowest BCUT2D eigenvalue weighted by Crippen LogP contribution is -2.71. The van der Waals surface area contributed by atoms with Gasteiger partial charge in [-0.3, -0.25) is 41.0 Å². The van der Waals surface area contributed by atoms with Crippen LogP contribution in [0.5, 0.6) is 0 Å². The summed E-state index contributed by atoms with van der Waals surface area (Å²) in [4.78, 5) is 25.8. The molecule has 25 atom stereocenters. The molecule has 20 N–H and O–H groups in total. The van der Waals surface area contributed by atoms with Crippen molar-refractivity contribution in [3.05, 3.63) is 0 Å². The molecule has 5 aliphatic heterocycles. The first kappa shape index (κ1) is 81.8. The second kappa shape index (κ2) is 30.6. The molecule has 0 amide bonds. The van der Waals surface area contributed by atoms with Crippen LogP contribution in [0.25, 0.3) is 0 Å². The van der Waals surface area contributed by atoms with E-state index in [1.165, 1.54) is 4.72 Å². The van der Waals surface area contributed by atoms with Crippen LogP contribution in [0.4, 0.5) is 0 Å². The Morgan fingerprint density at radius 3 is 1.06 bits per heavy atom. The molecule has 0 aromatic heterocycles. The second-order valence-electron chi connectivity index (χ2n) is 19.0. The van der Waals surface area contributed by atoms with Crippen molar-refractivity contribution < 1.29 is 235 Å². The molecule has 5 saturated heterocycles. The third-order valence-electron chi connectivity index (χ3n) is 12.4. The Morgan fingerprint density at radius 2 is 0.649 bits per heavy atom. The summed E-state index contributed by atoms with van der Waals surface area (Å²) in [7, 11) is -53.7. The van der Waals surface area contributed by atoms with Crippen molar-refractivity contribution >= 4 is 105 Å². The molecule has 0 bridgehead atoms. The molecule has 5 fully saturated rings. The number of rotatable bonds is 31. The van der Waals surface area contributed by atoms with Crippen LogP contribution in [0.3, 0.4) is 0 Å². The Hall–Kier alpha value is -2.83. The SMILES string of the molecule is O=C(O)C1OC(OC2C(COS(=O)(=O)O)OC(OC3C(C(=O)O)OC(OC4C(COS(=O)(=O)O)OC(O)C(NS(=O)(=O)O)C4OS(=O)(=O)O)C(OS(=O)(=O)O)C3O)C(NS(=O)(=O)O)C2OS(=O)(=O)O)C(O)C(O)C1OC1OC(COS(=O)(=O)O)C(O)C(O)C1NS(=O)(=O)O. The summed E-state index contributed by atoms with van der Waals surface area (Å²) in [5, 5.41) is 87.1. The van der Waals surface area contributed by atoms with Gasteiger partial charge in [0, 0.05) is 0 Å². The zero-order valence-electron chi connectivity index (χ0n) is 44.6. The van der Waals surface area contributed by atoms with Crippen molar-refractivity contribution in [1.29, 1.82) is 0 Å². The van der Waals surface area contributed by atoms with E-state index in [4.69, 9.17) is 47.2 Å². The molecule has 0 aliphatic carbocycles. The molecule has 64 heteroatoms. The number of aliphatic hydroxyl groups is 6. The molecule has 55 nitrogen and oxygen atoms in total. The second-order valence-corrected chi connectivity index (χ2v) is 29.0. The van der Waals surface area contributed by atoms with Crippen molar-refractivity contribution in [2.75, 3.05) is 19.8 Å². The first-order valence-corrected chi connectivity index (χ1v) is 36.3. The molecule has 5 heterocycles. The third kappa shape index (κ3) is 24.2. The minimum atomic E-state index is -6.42. The highest BCUT2D eigenvalue weighted by Crippen LogP contribution is 2.39. The van der Waals surface area contributed by atoms with Crippen LogP contribution in [0.15, 0.2) is 0 Å². The van der Waals surface area contributed by atoms with Crippen LogP contribution in [-0.2, 0) is 171 Å². The van der Waals surface area contributed by atoms with Crippen molar-refractivity contribution in [2.24, 2.45) is 0 Å². The van der Waals surface area contributed by atoms with Gasteiger partial charge >= 0.3 is 105 Å². The van der Waals surface area contributed by atoms with Crippen LogP contribution in [-0.4, -0.2) is 343 Å². The third-order valence-corrected chi connectivity index (χ3v) is 16.8. The lowest BCUT2D eigenvalue weighted by atomic mass is 9.94. The topological polar surface area (TPSA) is 860 Å². The van der Waals surface area contributed by atoms with E-state index in [2.05, 4.69) is 25.1 Å². The van der Waals surface area contributed by atoms with Crippen LogP contribution in [0.1, 0.15) is 0 Å². The minimum Gasteiger partial charge on any atom is -0.479 e. The van der Waals surface area contributed by atoms with Crippen molar-refractivity contribution in [2.45, 2.75) is 153 Å². The molecular weight excluding hydrogens is 1520 g/mol. The Kier molecular flexibility index (Phi) is 26.6. The molecule has 94 heavy (non-hydrogen) atoms. The van der Waals surface area contributed by atoms with Crippen LogP contribution in [0.2, 0.25) is 0 Å². The summed E-state index contributed by atoms with van der Waals surface area (Å²) in [6.07, 6.45) is -67.2. The van der Waals surface area contributed by atoms with Gasteiger partial charge in [-0.05, 0) is 0 Å². The van der Waals surface area contributed by atoms with Gasteiger partial charge in [-0.1, -0.05) is 0 Å². The fourth-order valence-corrected chi connectivity index (χ4v) is 13.2. The quantitative estimate of drug-likeness (QED) is 0.0287. The maximum Gasteiger partial charge on any atom is 0.397 e. The van der Waals surface area contributed by atoms with Gasteiger partial charge in [-0.25, -0.2) is 34.7 Å².